The number of β-amino-alcohol motifs (C(OH)–C–C–N with tert-alkyl or cyclic N) is 1. The fourth-order valence-electron chi connectivity index (χ4n) is 2.37. The van der Waals surface area contributed by atoms with Crippen LogP contribution in [0, 0.1) is 0 Å². The molecule has 1 aliphatic heterocycles. The maximum absolute atomic E-state index is 12.5. The summed E-state index contributed by atoms with van der Waals surface area (Å²) in [7, 11) is 0. The first kappa shape index (κ1) is 13.0. The maximum atomic E-state index is 12.5. The van der Waals surface area contributed by atoms with Crippen molar-refractivity contribution in [3.05, 3.63) is 42.1 Å². The molecule has 1 aromatic heterocycles. The van der Waals surface area contributed by atoms with E-state index >= 15 is 0 Å². The molecule has 1 fully saturated rings. The summed E-state index contributed by atoms with van der Waals surface area (Å²) in [5, 5.41) is 10.6. The molecular formula is C15H16N2O3. The van der Waals surface area contributed by atoms with Crippen LogP contribution in [0.2, 0.25) is 0 Å². The number of hydrogen-bond donors (Lipinski definition) is 1. The maximum Gasteiger partial charge on any atom is 0.254 e. The normalized spacial score (nSPS) is 19.9. The standard InChI is InChI=1S/C15H16N2O3/c18-13-9-17(6-7-20-10-13)15(19)12-3-4-14-11(8-12)2-1-5-16-14/h1-5,8,13,18H,6-7,9-10H2. The lowest BCUT2D eigenvalue weighted by Crippen LogP contribution is -2.37. The smallest absolute Gasteiger partial charge is 0.254 e. The molecule has 0 spiro atoms. The van der Waals surface area contributed by atoms with Crippen LogP contribution in [0.4, 0.5) is 0 Å². The third kappa shape index (κ3) is 2.64. The van der Waals surface area contributed by atoms with Gasteiger partial charge in [-0.25, -0.2) is 0 Å². The molecule has 1 aliphatic rings. The molecule has 1 unspecified atom stereocenters. The lowest BCUT2D eigenvalue weighted by Gasteiger charge is -2.21. The molecule has 1 aromatic carbocycles. The van der Waals surface area contributed by atoms with Crippen molar-refractivity contribution >= 4 is 16.8 Å². The van der Waals surface area contributed by atoms with Gasteiger partial charge in [0, 0.05) is 30.2 Å². The molecule has 5 nitrogen and oxygen atoms in total. The van der Waals surface area contributed by atoms with Crippen molar-refractivity contribution in [2.75, 3.05) is 26.3 Å². The van der Waals surface area contributed by atoms with Gasteiger partial charge in [-0.2, -0.15) is 0 Å². The number of carbonyl (C=O) groups is 1. The molecule has 20 heavy (non-hydrogen) atoms. The minimum Gasteiger partial charge on any atom is -0.389 e. The number of rotatable bonds is 1. The van der Waals surface area contributed by atoms with E-state index in [0.29, 0.717) is 25.3 Å². The average Bonchev–Trinajstić information content (AvgIpc) is 2.70. The Morgan fingerprint density at radius 2 is 2.30 bits per heavy atom. The zero-order valence-electron chi connectivity index (χ0n) is 11.0. The van der Waals surface area contributed by atoms with Gasteiger partial charge < -0.3 is 14.7 Å². The highest BCUT2D eigenvalue weighted by atomic mass is 16.5. The summed E-state index contributed by atoms with van der Waals surface area (Å²) in [5.41, 5.74) is 1.47. The van der Waals surface area contributed by atoms with Crippen molar-refractivity contribution in [2.24, 2.45) is 0 Å². The Morgan fingerprint density at radius 3 is 3.20 bits per heavy atom. The molecule has 5 heteroatoms. The number of hydrogen-bond acceptors (Lipinski definition) is 4. The highest BCUT2D eigenvalue weighted by Gasteiger charge is 2.22. The minimum absolute atomic E-state index is 0.0831. The number of pyridine rings is 1. The molecule has 2 heterocycles. The zero-order chi connectivity index (χ0) is 13.9. The van der Waals surface area contributed by atoms with Crippen LogP contribution in [0.5, 0.6) is 0 Å². The second kappa shape index (κ2) is 5.56. The minimum atomic E-state index is -0.622. The van der Waals surface area contributed by atoms with Crippen LogP contribution in [0.1, 0.15) is 10.4 Å². The van der Waals surface area contributed by atoms with E-state index in [1.807, 2.05) is 24.3 Å². The van der Waals surface area contributed by atoms with E-state index in [4.69, 9.17) is 4.74 Å². The molecule has 3 rings (SSSR count). The lowest BCUT2D eigenvalue weighted by atomic mass is 10.1. The third-order valence-corrected chi connectivity index (χ3v) is 3.38. The molecule has 0 aliphatic carbocycles. The lowest BCUT2D eigenvalue weighted by molar-refractivity contribution is 0.0534. The third-order valence-electron chi connectivity index (χ3n) is 3.38. The van der Waals surface area contributed by atoms with E-state index in [0.717, 1.165) is 10.9 Å². The van der Waals surface area contributed by atoms with Gasteiger partial charge in [0.05, 0.1) is 24.8 Å². The van der Waals surface area contributed by atoms with Gasteiger partial charge >= 0.3 is 0 Å². The summed E-state index contributed by atoms with van der Waals surface area (Å²) in [6.45, 7) is 1.55. The molecule has 0 saturated carbocycles. The quantitative estimate of drug-likeness (QED) is 0.843. The Morgan fingerprint density at radius 1 is 1.40 bits per heavy atom. The second-order valence-corrected chi connectivity index (χ2v) is 4.89. The number of nitrogens with zero attached hydrogens (tertiary/aromatic N) is 2. The predicted molar refractivity (Wildman–Crippen MR) is 74.5 cm³/mol. The van der Waals surface area contributed by atoms with Crippen molar-refractivity contribution in [3.63, 3.8) is 0 Å². The van der Waals surface area contributed by atoms with Gasteiger partial charge in [-0.3, -0.25) is 9.78 Å². The number of amides is 1. The number of aliphatic hydroxyl groups is 1. The van der Waals surface area contributed by atoms with Gasteiger partial charge in [-0.05, 0) is 24.3 Å². The van der Waals surface area contributed by atoms with Crippen LogP contribution in [0.25, 0.3) is 10.9 Å². The first-order valence-electron chi connectivity index (χ1n) is 6.64. The molecule has 1 N–H and O–H groups in total. The van der Waals surface area contributed by atoms with Gasteiger partial charge in [-0.15, -0.1) is 0 Å². The molecular weight excluding hydrogens is 256 g/mol. The average molecular weight is 272 g/mol. The van der Waals surface area contributed by atoms with Gasteiger partial charge in [0.15, 0.2) is 0 Å². The Balaban J connectivity index is 1.87. The summed E-state index contributed by atoms with van der Waals surface area (Å²) >= 11 is 0. The fraction of sp³-hybridized carbons (Fsp3) is 0.333. The Labute approximate surface area is 116 Å². The van der Waals surface area contributed by atoms with E-state index in [-0.39, 0.29) is 12.5 Å². The SMILES string of the molecule is O=C(c1ccc2ncccc2c1)N1CCOCC(O)C1. The molecule has 1 amide bonds. The summed E-state index contributed by atoms with van der Waals surface area (Å²) < 4.78 is 5.24. The van der Waals surface area contributed by atoms with Gasteiger partial charge in [0.25, 0.3) is 5.91 Å². The fourth-order valence-corrected chi connectivity index (χ4v) is 2.37. The number of carbonyl (C=O) groups excluding carboxylic acids is 1. The summed E-state index contributed by atoms with van der Waals surface area (Å²) in [4.78, 5) is 18.4. The molecule has 2 aromatic rings. The van der Waals surface area contributed by atoms with Crippen LogP contribution in [0.3, 0.4) is 0 Å². The summed E-state index contributed by atoms with van der Waals surface area (Å²) in [6.07, 6.45) is 1.11. The van der Waals surface area contributed by atoms with Crippen molar-refractivity contribution < 1.29 is 14.6 Å². The molecule has 0 bridgehead atoms. The topological polar surface area (TPSA) is 62.7 Å². The number of benzene rings is 1. The van der Waals surface area contributed by atoms with Crippen LogP contribution < -0.4 is 0 Å². The van der Waals surface area contributed by atoms with E-state index < -0.39 is 6.10 Å². The molecule has 0 radical (unpaired) electrons. The Hall–Kier alpha value is -1.98. The van der Waals surface area contributed by atoms with Gasteiger partial charge in [0.2, 0.25) is 0 Å². The number of aromatic nitrogens is 1. The second-order valence-electron chi connectivity index (χ2n) is 4.89. The van der Waals surface area contributed by atoms with Crippen molar-refractivity contribution in [1.82, 2.24) is 9.88 Å². The Bertz CT molecular complexity index is 629. The molecule has 1 atom stereocenters. The summed E-state index contributed by atoms with van der Waals surface area (Å²) in [5.74, 6) is -0.0831. The monoisotopic (exact) mass is 272 g/mol. The van der Waals surface area contributed by atoms with E-state index in [1.165, 1.54) is 0 Å². The summed E-state index contributed by atoms with van der Waals surface area (Å²) in [6, 6.07) is 9.23. The van der Waals surface area contributed by atoms with Gasteiger partial charge in [-0.1, -0.05) is 6.07 Å². The number of fused-ring (bicyclic) bond motifs is 1. The first-order chi connectivity index (χ1) is 9.74. The number of aliphatic hydroxyl groups excluding tert-OH is 1. The largest absolute Gasteiger partial charge is 0.389 e. The van der Waals surface area contributed by atoms with Crippen LogP contribution >= 0.6 is 0 Å². The predicted octanol–water partition coefficient (Wildman–Crippen LogP) is 1.07. The van der Waals surface area contributed by atoms with Crippen molar-refractivity contribution in [3.8, 4) is 0 Å². The van der Waals surface area contributed by atoms with Crippen LogP contribution in [-0.4, -0.2) is 53.3 Å². The van der Waals surface area contributed by atoms with Crippen LogP contribution in [0.15, 0.2) is 36.5 Å². The van der Waals surface area contributed by atoms with Gasteiger partial charge in [0.1, 0.15) is 0 Å². The van der Waals surface area contributed by atoms with E-state index in [9.17, 15) is 9.90 Å². The first-order valence-corrected chi connectivity index (χ1v) is 6.64. The molecule has 1 saturated heterocycles. The zero-order valence-corrected chi connectivity index (χ0v) is 11.0. The van der Waals surface area contributed by atoms with E-state index in [1.54, 1.807) is 17.2 Å². The van der Waals surface area contributed by atoms with Crippen molar-refractivity contribution in [2.45, 2.75) is 6.10 Å². The highest BCUT2D eigenvalue weighted by Crippen LogP contribution is 2.15. The highest BCUT2D eigenvalue weighted by molar-refractivity contribution is 5.97. The molecule has 104 valence electrons. The van der Waals surface area contributed by atoms with Crippen LogP contribution in [-0.2, 0) is 4.74 Å². The van der Waals surface area contributed by atoms with E-state index in [2.05, 4.69) is 4.98 Å². The van der Waals surface area contributed by atoms with Crippen molar-refractivity contribution in [1.29, 1.82) is 0 Å². The number of ether oxygens (including phenoxy) is 1. The Kier molecular flexibility index (Phi) is 3.62.